The Morgan fingerprint density at radius 1 is 1.41 bits per heavy atom. The molecular formula is C14H21NO2. The number of pyridine rings is 1. The van der Waals surface area contributed by atoms with Gasteiger partial charge in [-0.2, -0.15) is 0 Å². The normalized spacial score (nSPS) is 11.6. The molecule has 17 heavy (non-hydrogen) atoms. The van der Waals surface area contributed by atoms with Crippen molar-refractivity contribution in [3.63, 3.8) is 0 Å². The third-order valence-corrected chi connectivity index (χ3v) is 2.31. The van der Waals surface area contributed by atoms with E-state index in [0.29, 0.717) is 18.1 Å². The van der Waals surface area contributed by atoms with Crippen molar-refractivity contribution in [1.29, 1.82) is 0 Å². The first-order valence-electron chi connectivity index (χ1n) is 5.94. The van der Waals surface area contributed by atoms with Crippen LogP contribution in [-0.2, 0) is 10.2 Å². The average molecular weight is 235 g/mol. The molecule has 0 aromatic carbocycles. The van der Waals surface area contributed by atoms with Crippen molar-refractivity contribution in [2.24, 2.45) is 5.92 Å². The van der Waals surface area contributed by atoms with Crippen molar-refractivity contribution in [3.05, 3.63) is 29.6 Å². The zero-order valence-corrected chi connectivity index (χ0v) is 11.3. The highest BCUT2D eigenvalue weighted by molar-refractivity contribution is 5.89. The minimum atomic E-state index is -0.272. The van der Waals surface area contributed by atoms with E-state index in [1.807, 2.05) is 19.9 Å². The van der Waals surface area contributed by atoms with Crippen LogP contribution in [0.3, 0.4) is 0 Å². The van der Waals surface area contributed by atoms with Gasteiger partial charge in [-0.05, 0) is 18.1 Å². The van der Waals surface area contributed by atoms with E-state index >= 15 is 0 Å². The Labute approximate surface area is 103 Å². The second kappa shape index (κ2) is 5.30. The smallest absolute Gasteiger partial charge is 0.338 e. The third kappa shape index (κ3) is 4.17. The Morgan fingerprint density at radius 3 is 2.59 bits per heavy atom. The Kier molecular flexibility index (Phi) is 4.27. The highest BCUT2D eigenvalue weighted by Gasteiger charge is 2.17. The quantitative estimate of drug-likeness (QED) is 0.755. The van der Waals surface area contributed by atoms with Gasteiger partial charge < -0.3 is 4.74 Å². The van der Waals surface area contributed by atoms with Crippen LogP contribution in [-0.4, -0.2) is 17.6 Å². The first kappa shape index (κ1) is 13.7. The van der Waals surface area contributed by atoms with Gasteiger partial charge in [-0.25, -0.2) is 4.79 Å². The van der Waals surface area contributed by atoms with Crippen LogP contribution in [0.25, 0.3) is 0 Å². The number of hydrogen-bond donors (Lipinski definition) is 0. The fraction of sp³-hybridized carbons (Fsp3) is 0.571. The molecule has 0 radical (unpaired) electrons. The van der Waals surface area contributed by atoms with E-state index in [0.717, 1.165) is 5.69 Å². The zero-order valence-electron chi connectivity index (χ0n) is 11.3. The van der Waals surface area contributed by atoms with Gasteiger partial charge in [0.15, 0.2) is 0 Å². The van der Waals surface area contributed by atoms with Crippen LogP contribution in [0.4, 0.5) is 0 Å². The van der Waals surface area contributed by atoms with E-state index in [4.69, 9.17) is 4.74 Å². The van der Waals surface area contributed by atoms with Crippen molar-refractivity contribution < 1.29 is 9.53 Å². The Morgan fingerprint density at radius 2 is 2.06 bits per heavy atom. The number of aromatic nitrogens is 1. The number of rotatable bonds is 3. The van der Waals surface area contributed by atoms with Crippen LogP contribution in [0, 0.1) is 5.92 Å². The Balaban J connectivity index is 2.81. The molecule has 3 nitrogen and oxygen atoms in total. The van der Waals surface area contributed by atoms with Crippen LogP contribution < -0.4 is 0 Å². The number of ether oxygens (including phenoxy) is 1. The van der Waals surface area contributed by atoms with Crippen LogP contribution in [0.5, 0.6) is 0 Å². The highest BCUT2D eigenvalue weighted by Crippen LogP contribution is 2.20. The summed E-state index contributed by atoms with van der Waals surface area (Å²) in [4.78, 5) is 16.1. The lowest BCUT2D eigenvalue weighted by Crippen LogP contribution is -2.16. The second-order valence-electron chi connectivity index (χ2n) is 5.67. The molecule has 0 saturated heterocycles. The summed E-state index contributed by atoms with van der Waals surface area (Å²) in [7, 11) is 0. The summed E-state index contributed by atoms with van der Waals surface area (Å²) in [5, 5.41) is 0. The number of carbonyl (C=O) groups is 1. The molecule has 1 aromatic heterocycles. The number of nitrogens with zero attached hydrogens (tertiary/aromatic N) is 1. The molecule has 0 fully saturated rings. The van der Waals surface area contributed by atoms with Gasteiger partial charge in [0.05, 0.1) is 12.2 Å². The van der Waals surface area contributed by atoms with Crippen molar-refractivity contribution in [2.75, 3.05) is 6.61 Å². The van der Waals surface area contributed by atoms with E-state index in [1.54, 1.807) is 12.3 Å². The maximum Gasteiger partial charge on any atom is 0.338 e. The van der Waals surface area contributed by atoms with E-state index in [-0.39, 0.29) is 11.4 Å². The summed E-state index contributed by atoms with van der Waals surface area (Å²) >= 11 is 0. The molecule has 0 bridgehead atoms. The molecule has 1 aromatic rings. The van der Waals surface area contributed by atoms with Crippen molar-refractivity contribution in [2.45, 2.75) is 40.0 Å². The molecule has 0 aliphatic carbocycles. The fourth-order valence-corrected chi connectivity index (χ4v) is 1.29. The van der Waals surface area contributed by atoms with E-state index in [1.165, 1.54) is 0 Å². The number of hydrogen-bond acceptors (Lipinski definition) is 3. The molecule has 1 heterocycles. The molecule has 0 N–H and O–H groups in total. The van der Waals surface area contributed by atoms with E-state index in [9.17, 15) is 4.79 Å². The molecule has 0 saturated carbocycles. The van der Waals surface area contributed by atoms with Gasteiger partial charge in [-0.1, -0.05) is 34.6 Å². The topological polar surface area (TPSA) is 39.2 Å². The maximum atomic E-state index is 11.8. The summed E-state index contributed by atoms with van der Waals surface area (Å²) in [5.74, 6) is 0.0782. The van der Waals surface area contributed by atoms with Crippen molar-refractivity contribution in [1.82, 2.24) is 4.98 Å². The third-order valence-electron chi connectivity index (χ3n) is 2.31. The zero-order chi connectivity index (χ0) is 13.1. The van der Waals surface area contributed by atoms with Gasteiger partial charge in [0.25, 0.3) is 0 Å². The Hall–Kier alpha value is -1.38. The SMILES string of the molecule is CC(C)COC(=O)c1ccnc(C(C)(C)C)c1. The number of carbonyl (C=O) groups excluding carboxylic acids is 1. The van der Waals surface area contributed by atoms with Gasteiger partial charge in [-0.3, -0.25) is 4.98 Å². The first-order chi connectivity index (χ1) is 7.80. The highest BCUT2D eigenvalue weighted by atomic mass is 16.5. The number of esters is 1. The standard InChI is InChI=1S/C14H21NO2/c1-10(2)9-17-13(16)11-6-7-15-12(8-11)14(3,4)5/h6-8,10H,9H2,1-5H3. The summed E-state index contributed by atoms with van der Waals surface area (Å²) < 4.78 is 5.19. The molecule has 0 aliphatic heterocycles. The summed E-state index contributed by atoms with van der Waals surface area (Å²) in [6, 6.07) is 3.50. The molecule has 0 amide bonds. The van der Waals surface area contributed by atoms with Gasteiger partial charge in [0, 0.05) is 17.3 Å². The molecular weight excluding hydrogens is 214 g/mol. The molecule has 0 unspecified atom stereocenters. The second-order valence-corrected chi connectivity index (χ2v) is 5.67. The molecule has 0 spiro atoms. The largest absolute Gasteiger partial charge is 0.462 e. The van der Waals surface area contributed by atoms with Crippen LogP contribution in [0.15, 0.2) is 18.3 Å². The van der Waals surface area contributed by atoms with Crippen LogP contribution in [0.2, 0.25) is 0 Å². The lowest BCUT2D eigenvalue weighted by atomic mass is 9.91. The molecule has 0 aliphatic rings. The lowest BCUT2D eigenvalue weighted by molar-refractivity contribution is 0.0458. The van der Waals surface area contributed by atoms with E-state index < -0.39 is 0 Å². The Bertz CT molecular complexity index is 391. The van der Waals surface area contributed by atoms with Crippen LogP contribution >= 0.6 is 0 Å². The molecule has 0 atom stereocenters. The van der Waals surface area contributed by atoms with Gasteiger partial charge in [0.1, 0.15) is 0 Å². The van der Waals surface area contributed by atoms with Gasteiger partial charge >= 0.3 is 5.97 Å². The van der Waals surface area contributed by atoms with Crippen molar-refractivity contribution in [3.8, 4) is 0 Å². The summed E-state index contributed by atoms with van der Waals surface area (Å²) in [6.45, 7) is 10.7. The summed E-state index contributed by atoms with van der Waals surface area (Å²) in [6.07, 6.45) is 1.66. The minimum Gasteiger partial charge on any atom is -0.462 e. The summed E-state index contributed by atoms with van der Waals surface area (Å²) in [5.41, 5.74) is 1.41. The minimum absolute atomic E-state index is 0.0612. The maximum absolute atomic E-state index is 11.8. The fourth-order valence-electron chi connectivity index (χ4n) is 1.29. The van der Waals surface area contributed by atoms with Crippen LogP contribution in [0.1, 0.15) is 50.7 Å². The van der Waals surface area contributed by atoms with Crippen molar-refractivity contribution >= 4 is 5.97 Å². The average Bonchev–Trinajstić information content (AvgIpc) is 2.25. The first-order valence-corrected chi connectivity index (χ1v) is 5.94. The monoisotopic (exact) mass is 235 g/mol. The predicted octanol–water partition coefficient (Wildman–Crippen LogP) is 3.19. The molecule has 1 rings (SSSR count). The van der Waals surface area contributed by atoms with Gasteiger partial charge in [-0.15, -0.1) is 0 Å². The molecule has 3 heteroatoms. The van der Waals surface area contributed by atoms with E-state index in [2.05, 4.69) is 25.8 Å². The van der Waals surface area contributed by atoms with Gasteiger partial charge in [0.2, 0.25) is 0 Å². The lowest BCUT2D eigenvalue weighted by Gasteiger charge is -2.18. The predicted molar refractivity (Wildman–Crippen MR) is 68.1 cm³/mol. The molecule has 94 valence electrons.